The molecule has 0 aliphatic rings. The Labute approximate surface area is 65.2 Å². The summed E-state index contributed by atoms with van der Waals surface area (Å²) in [4.78, 5) is 1.22. The number of rotatable bonds is 2. The van der Waals surface area contributed by atoms with E-state index < -0.39 is 0 Å². The Morgan fingerprint density at radius 2 is 2.50 bits per heavy atom. The minimum absolute atomic E-state index is 0.0139. The van der Waals surface area contributed by atoms with Crippen LogP contribution in [0.4, 0.5) is 0 Å². The molecule has 0 saturated heterocycles. The maximum absolute atomic E-state index is 5.73. The van der Waals surface area contributed by atoms with Gasteiger partial charge in [-0.15, -0.1) is 17.9 Å². The molecule has 1 atom stereocenters. The molecule has 0 aliphatic heterocycles. The van der Waals surface area contributed by atoms with E-state index in [-0.39, 0.29) is 6.04 Å². The van der Waals surface area contributed by atoms with E-state index in [0.29, 0.717) is 0 Å². The fraction of sp³-hybridized carbons (Fsp3) is 0.250. The molecule has 0 bridgehead atoms. The lowest BCUT2D eigenvalue weighted by Crippen LogP contribution is -2.05. The van der Waals surface area contributed by atoms with Gasteiger partial charge in [0.2, 0.25) is 0 Å². The Morgan fingerprint density at radius 3 is 2.90 bits per heavy atom. The van der Waals surface area contributed by atoms with Crippen molar-refractivity contribution in [2.75, 3.05) is 0 Å². The van der Waals surface area contributed by atoms with E-state index in [1.807, 2.05) is 5.38 Å². The first kappa shape index (κ1) is 7.51. The highest BCUT2D eigenvalue weighted by molar-refractivity contribution is 7.10. The third kappa shape index (κ3) is 1.28. The van der Waals surface area contributed by atoms with E-state index in [1.54, 1.807) is 17.4 Å². The predicted molar refractivity (Wildman–Crippen MR) is 46.2 cm³/mol. The molecule has 2 N–H and O–H groups in total. The van der Waals surface area contributed by atoms with Crippen LogP contribution in [0.2, 0.25) is 0 Å². The number of hydrogen-bond acceptors (Lipinski definition) is 2. The molecule has 2 heteroatoms. The van der Waals surface area contributed by atoms with Gasteiger partial charge in [-0.05, 0) is 23.9 Å². The first-order chi connectivity index (χ1) is 4.75. The highest BCUT2D eigenvalue weighted by atomic mass is 32.1. The lowest BCUT2D eigenvalue weighted by Gasteiger charge is -2.02. The largest absolute Gasteiger partial charge is 0.320 e. The highest BCUT2D eigenvalue weighted by Gasteiger charge is 2.04. The molecule has 1 heterocycles. The zero-order chi connectivity index (χ0) is 7.56. The van der Waals surface area contributed by atoms with Crippen molar-refractivity contribution in [3.05, 3.63) is 34.5 Å². The van der Waals surface area contributed by atoms with Gasteiger partial charge in [-0.1, -0.05) is 6.08 Å². The summed E-state index contributed by atoms with van der Waals surface area (Å²) in [6.07, 6.45) is 1.76. The predicted octanol–water partition coefficient (Wildman–Crippen LogP) is 2.24. The average molecular weight is 153 g/mol. The maximum atomic E-state index is 5.73. The molecule has 10 heavy (non-hydrogen) atoms. The van der Waals surface area contributed by atoms with Gasteiger partial charge < -0.3 is 5.73 Å². The molecule has 1 aromatic heterocycles. The molecular formula is C8H11NS. The fourth-order valence-corrected chi connectivity index (χ4v) is 1.76. The lowest BCUT2D eigenvalue weighted by atomic mass is 10.2. The van der Waals surface area contributed by atoms with E-state index in [1.165, 1.54) is 10.4 Å². The Hall–Kier alpha value is -0.600. The van der Waals surface area contributed by atoms with E-state index in [0.717, 1.165) is 0 Å². The zero-order valence-corrected chi connectivity index (χ0v) is 6.82. The van der Waals surface area contributed by atoms with E-state index in [2.05, 4.69) is 19.6 Å². The van der Waals surface area contributed by atoms with Crippen molar-refractivity contribution in [3.8, 4) is 0 Å². The number of hydrogen-bond donors (Lipinski definition) is 1. The topological polar surface area (TPSA) is 26.0 Å². The second-order valence-corrected chi connectivity index (χ2v) is 3.18. The summed E-state index contributed by atoms with van der Waals surface area (Å²) < 4.78 is 0. The van der Waals surface area contributed by atoms with Gasteiger partial charge in [-0.3, -0.25) is 0 Å². The van der Waals surface area contributed by atoms with Gasteiger partial charge >= 0.3 is 0 Å². The van der Waals surface area contributed by atoms with Gasteiger partial charge in [-0.25, -0.2) is 0 Å². The summed E-state index contributed by atoms with van der Waals surface area (Å²) in [5.74, 6) is 0. The van der Waals surface area contributed by atoms with Crippen molar-refractivity contribution in [2.45, 2.75) is 13.0 Å². The van der Waals surface area contributed by atoms with Gasteiger partial charge in [0.15, 0.2) is 0 Å². The zero-order valence-electron chi connectivity index (χ0n) is 6.00. The molecule has 1 rings (SSSR count). The van der Waals surface area contributed by atoms with Crippen LogP contribution in [0.25, 0.3) is 0 Å². The first-order valence-corrected chi connectivity index (χ1v) is 4.06. The lowest BCUT2D eigenvalue weighted by molar-refractivity contribution is 0.930. The molecule has 0 unspecified atom stereocenters. The van der Waals surface area contributed by atoms with Gasteiger partial charge in [0, 0.05) is 4.88 Å². The van der Waals surface area contributed by atoms with Crippen LogP contribution in [0.1, 0.15) is 16.5 Å². The van der Waals surface area contributed by atoms with Crippen molar-refractivity contribution < 1.29 is 0 Å². The van der Waals surface area contributed by atoms with Crippen molar-refractivity contribution in [3.63, 3.8) is 0 Å². The van der Waals surface area contributed by atoms with Crippen LogP contribution in [0.5, 0.6) is 0 Å². The number of aryl methyl sites for hydroxylation is 1. The molecule has 1 nitrogen and oxygen atoms in total. The maximum Gasteiger partial charge on any atom is 0.0575 e. The molecule has 0 aliphatic carbocycles. The van der Waals surface area contributed by atoms with E-state index in [4.69, 9.17) is 5.73 Å². The standard InChI is InChI=1S/C8H11NS/c1-3-7(9)8-6(2)4-5-10-8/h3-5,7H,1,9H2,2H3/t7-/m0/s1. The fourth-order valence-electron chi connectivity index (χ4n) is 0.833. The van der Waals surface area contributed by atoms with Gasteiger partial charge in [0.05, 0.1) is 6.04 Å². The summed E-state index contributed by atoms with van der Waals surface area (Å²) in [6.45, 7) is 5.70. The third-order valence-corrected chi connectivity index (χ3v) is 2.58. The minimum Gasteiger partial charge on any atom is -0.320 e. The van der Waals surface area contributed by atoms with Crippen molar-refractivity contribution in [1.29, 1.82) is 0 Å². The van der Waals surface area contributed by atoms with Crippen LogP contribution in [-0.4, -0.2) is 0 Å². The second-order valence-electron chi connectivity index (χ2n) is 2.23. The summed E-state index contributed by atoms with van der Waals surface area (Å²) in [5.41, 5.74) is 6.99. The van der Waals surface area contributed by atoms with E-state index in [9.17, 15) is 0 Å². The smallest absolute Gasteiger partial charge is 0.0575 e. The molecule has 54 valence electrons. The quantitative estimate of drug-likeness (QED) is 0.648. The Morgan fingerprint density at radius 1 is 1.80 bits per heavy atom. The number of nitrogens with two attached hydrogens (primary N) is 1. The molecule has 0 radical (unpaired) electrons. The second kappa shape index (κ2) is 2.99. The van der Waals surface area contributed by atoms with E-state index >= 15 is 0 Å². The Balaban J connectivity index is 2.92. The highest BCUT2D eigenvalue weighted by Crippen LogP contribution is 2.22. The van der Waals surface area contributed by atoms with Crippen molar-refractivity contribution in [1.82, 2.24) is 0 Å². The van der Waals surface area contributed by atoms with Gasteiger partial charge in [0.1, 0.15) is 0 Å². The average Bonchev–Trinajstić information content (AvgIpc) is 2.34. The molecule has 1 aromatic rings. The monoisotopic (exact) mass is 153 g/mol. The van der Waals surface area contributed by atoms with Crippen LogP contribution >= 0.6 is 11.3 Å². The SMILES string of the molecule is C=C[C@H](N)c1sccc1C. The molecule has 0 saturated carbocycles. The third-order valence-electron chi connectivity index (χ3n) is 1.46. The first-order valence-electron chi connectivity index (χ1n) is 3.18. The normalized spacial score (nSPS) is 13.0. The molecule has 0 fully saturated rings. The van der Waals surface area contributed by atoms with Crippen molar-refractivity contribution >= 4 is 11.3 Å². The van der Waals surface area contributed by atoms with Gasteiger partial charge in [0.25, 0.3) is 0 Å². The summed E-state index contributed by atoms with van der Waals surface area (Å²) in [6, 6.07) is 2.09. The Kier molecular flexibility index (Phi) is 2.25. The van der Waals surface area contributed by atoms with Crippen molar-refractivity contribution in [2.24, 2.45) is 5.73 Å². The van der Waals surface area contributed by atoms with Crippen LogP contribution in [0.3, 0.4) is 0 Å². The molecule has 0 spiro atoms. The Bertz CT molecular complexity index is 227. The molecule has 0 amide bonds. The summed E-state index contributed by atoms with van der Waals surface area (Å²) in [5, 5.41) is 2.05. The van der Waals surface area contributed by atoms with Crippen LogP contribution in [0, 0.1) is 6.92 Å². The molecule has 0 aromatic carbocycles. The minimum atomic E-state index is 0.0139. The summed E-state index contributed by atoms with van der Waals surface area (Å²) in [7, 11) is 0. The molecular weight excluding hydrogens is 142 g/mol. The number of thiophene rings is 1. The summed E-state index contributed by atoms with van der Waals surface area (Å²) >= 11 is 1.69. The van der Waals surface area contributed by atoms with Crippen LogP contribution in [-0.2, 0) is 0 Å². The van der Waals surface area contributed by atoms with Gasteiger partial charge in [-0.2, -0.15) is 0 Å². The van der Waals surface area contributed by atoms with Crippen LogP contribution in [0.15, 0.2) is 24.1 Å². The van der Waals surface area contributed by atoms with Crippen LogP contribution < -0.4 is 5.73 Å².